The summed E-state index contributed by atoms with van der Waals surface area (Å²) in [7, 11) is 1.47. The fourth-order valence-corrected chi connectivity index (χ4v) is 4.96. The lowest BCUT2D eigenvalue weighted by Crippen LogP contribution is -2.54. The number of methoxy groups -OCH3 is 1. The van der Waals surface area contributed by atoms with E-state index in [1.807, 2.05) is 22.6 Å². The molecule has 11 heteroatoms. The number of hydrogen-bond donors (Lipinski definition) is 4. The molecule has 0 spiro atoms. The van der Waals surface area contributed by atoms with Crippen LogP contribution in [-0.2, 0) is 22.7 Å². The van der Waals surface area contributed by atoms with E-state index in [1.165, 1.54) is 36.7 Å². The number of benzene rings is 1. The highest BCUT2D eigenvalue weighted by molar-refractivity contribution is 14.1. The third kappa shape index (κ3) is 7.37. The number of aliphatic hydroxyl groups excluding tert-OH is 3. The van der Waals surface area contributed by atoms with Crippen LogP contribution < -0.4 is 14.8 Å². The van der Waals surface area contributed by atoms with Crippen LogP contribution in [0.25, 0.3) is 0 Å². The van der Waals surface area contributed by atoms with Gasteiger partial charge in [0.1, 0.15) is 12.2 Å². The SMILES string of the molecule is COc1cc(CO)cc(I)c1O[C@H]1C=C(C(=O)NCCO)C[C@@H](N(Cc2ccoc2)C(=O)C=C(C)C)[C@@H]1O. The lowest BCUT2D eigenvalue weighted by molar-refractivity contribution is -0.134. The third-order valence-corrected chi connectivity index (χ3v) is 6.77. The van der Waals surface area contributed by atoms with Crippen LogP contribution in [-0.4, -0.2) is 70.5 Å². The maximum Gasteiger partial charge on any atom is 0.247 e. The van der Waals surface area contributed by atoms with Gasteiger partial charge in [-0.25, -0.2) is 0 Å². The molecular formula is C27H33IN2O8. The Hall–Kier alpha value is -2.87. The van der Waals surface area contributed by atoms with Crippen molar-refractivity contribution in [1.29, 1.82) is 0 Å². The average molecular weight is 640 g/mol. The second-order valence-electron chi connectivity index (χ2n) is 9.10. The van der Waals surface area contributed by atoms with Crippen molar-refractivity contribution in [1.82, 2.24) is 10.2 Å². The van der Waals surface area contributed by atoms with E-state index >= 15 is 0 Å². The lowest BCUT2D eigenvalue weighted by atomic mass is 9.87. The largest absolute Gasteiger partial charge is 0.493 e. The number of hydrogen-bond acceptors (Lipinski definition) is 8. The van der Waals surface area contributed by atoms with Crippen LogP contribution in [0, 0.1) is 3.57 Å². The first-order valence-corrected chi connectivity index (χ1v) is 13.1. The molecule has 2 amide bonds. The zero-order valence-electron chi connectivity index (χ0n) is 21.5. The van der Waals surface area contributed by atoms with E-state index in [9.17, 15) is 24.9 Å². The highest BCUT2D eigenvalue weighted by Gasteiger charge is 2.40. The summed E-state index contributed by atoms with van der Waals surface area (Å²) in [4.78, 5) is 27.8. The van der Waals surface area contributed by atoms with Gasteiger partial charge in [-0.05, 0) is 66.3 Å². The van der Waals surface area contributed by atoms with E-state index in [2.05, 4.69) is 5.32 Å². The van der Waals surface area contributed by atoms with Crippen LogP contribution in [0.2, 0.25) is 0 Å². The van der Waals surface area contributed by atoms with E-state index in [-0.39, 0.29) is 38.6 Å². The maximum absolute atomic E-state index is 13.3. The van der Waals surface area contributed by atoms with E-state index in [0.29, 0.717) is 26.2 Å². The van der Waals surface area contributed by atoms with Crippen LogP contribution in [0.5, 0.6) is 11.5 Å². The Labute approximate surface area is 235 Å². The molecule has 1 aromatic carbocycles. The molecule has 2 aromatic rings. The number of rotatable bonds is 11. The number of aliphatic hydroxyl groups is 3. The molecule has 206 valence electrons. The van der Waals surface area contributed by atoms with Crippen LogP contribution in [0.1, 0.15) is 31.4 Å². The molecule has 0 saturated carbocycles. The van der Waals surface area contributed by atoms with Crippen molar-refractivity contribution in [2.24, 2.45) is 0 Å². The molecular weight excluding hydrogens is 607 g/mol. The highest BCUT2D eigenvalue weighted by atomic mass is 127. The Balaban J connectivity index is 2.04. The number of carbonyl (C=O) groups is 2. The normalized spacial score (nSPS) is 18.8. The summed E-state index contributed by atoms with van der Waals surface area (Å²) in [5.74, 6) is -0.0746. The van der Waals surface area contributed by atoms with Crippen molar-refractivity contribution < 1.29 is 38.8 Å². The van der Waals surface area contributed by atoms with Crippen molar-refractivity contribution >= 4 is 34.4 Å². The summed E-state index contributed by atoms with van der Waals surface area (Å²) in [5.41, 5.74) is 2.44. The number of nitrogens with one attached hydrogen (secondary N) is 1. The first kappa shape index (κ1) is 29.7. The smallest absolute Gasteiger partial charge is 0.247 e. The van der Waals surface area contributed by atoms with E-state index in [0.717, 1.165) is 11.1 Å². The van der Waals surface area contributed by atoms with Gasteiger partial charge in [-0.15, -0.1) is 0 Å². The minimum Gasteiger partial charge on any atom is -0.493 e. The Morgan fingerprint density at radius 3 is 2.63 bits per heavy atom. The molecule has 3 atom stereocenters. The standard InChI is InChI=1S/C27H33IN2O8/c1-16(2)8-24(33)30(13-17-4-7-37-15-17)21-11-19(27(35)29-5-6-31)12-22(25(21)34)38-26-20(28)9-18(14-32)10-23(26)36-3/h4,7-10,12,15,21-22,25,31-32,34H,5-6,11,13-14H2,1-3H3,(H,29,35)/t21-,22+,25+/m1/s1. The van der Waals surface area contributed by atoms with Crippen molar-refractivity contribution in [3.05, 3.63) is 68.7 Å². The molecule has 38 heavy (non-hydrogen) atoms. The number of furan rings is 1. The molecule has 0 fully saturated rings. The Bertz CT molecular complexity index is 1170. The highest BCUT2D eigenvalue weighted by Crippen LogP contribution is 2.37. The second kappa shape index (κ2) is 13.8. The summed E-state index contributed by atoms with van der Waals surface area (Å²) < 4.78 is 17.5. The number of ether oxygens (including phenoxy) is 2. The van der Waals surface area contributed by atoms with Gasteiger partial charge in [0, 0.05) is 36.7 Å². The fraction of sp³-hybridized carbons (Fsp3) is 0.407. The first-order valence-electron chi connectivity index (χ1n) is 12.1. The molecule has 1 heterocycles. The third-order valence-electron chi connectivity index (χ3n) is 5.97. The van der Waals surface area contributed by atoms with Crippen LogP contribution in [0.4, 0.5) is 0 Å². The summed E-state index contributed by atoms with van der Waals surface area (Å²) in [6.07, 6.45) is 3.88. The van der Waals surface area contributed by atoms with Crippen LogP contribution in [0.15, 0.2) is 58.4 Å². The van der Waals surface area contributed by atoms with Gasteiger partial charge in [-0.1, -0.05) is 5.57 Å². The van der Waals surface area contributed by atoms with Gasteiger partial charge in [0.2, 0.25) is 11.8 Å². The van der Waals surface area contributed by atoms with E-state index in [1.54, 1.807) is 32.0 Å². The molecule has 0 bridgehead atoms. The molecule has 3 rings (SSSR count). The predicted molar refractivity (Wildman–Crippen MR) is 147 cm³/mol. The number of carbonyl (C=O) groups excluding carboxylic acids is 2. The molecule has 0 saturated heterocycles. The van der Waals surface area contributed by atoms with Crippen molar-refractivity contribution in [3.8, 4) is 11.5 Å². The van der Waals surface area contributed by atoms with Gasteiger partial charge < -0.3 is 39.4 Å². The molecule has 1 aromatic heterocycles. The average Bonchev–Trinajstić information content (AvgIpc) is 3.40. The zero-order valence-corrected chi connectivity index (χ0v) is 23.7. The van der Waals surface area contributed by atoms with E-state index < -0.39 is 24.2 Å². The number of halogens is 1. The zero-order chi connectivity index (χ0) is 27.8. The molecule has 0 unspecified atom stereocenters. The summed E-state index contributed by atoms with van der Waals surface area (Å²) in [6.45, 7) is 3.38. The fourth-order valence-electron chi connectivity index (χ4n) is 4.16. The molecule has 10 nitrogen and oxygen atoms in total. The Morgan fingerprint density at radius 1 is 1.26 bits per heavy atom. The van der Waals surface area contributed by atoms with Gasteiger partial charge in [0.25, 0.3) is 0 Å². The van der Waals surface area contributed by atoms with Crippen molar-refractivity contribution in [3.63, 3.8) is 0 Å². The Morgan fingerprint density at radius 2 is 2.03 bits per heavy atom. The molecule has 1 aliphatic rings. The summed E-state index contributed by atoms with van der Waals surface area (Å²) >= 11 is 2.05. The van der Waals surface area contributed by atoms with Gasteiger partial charge in [0.15, 0.2) is 11.5 Å². The topological polar surface area (TPSA) is 142 Å². The maximum atomic E-state index is 13.3. The molecule has 4 N–H and O–H groups in total. The Kier molecular flexibility index (Phi) is 10.8. The first-order chi connectivity index (χ1) is 18.2. The lowest BCUT2D eigenvalue weighted by Gasteiger charge is -2.40. The van der Waals surface area contributed by atoms with E-state index in [4.69, 9.17) is 13.9 Å². The summed E-state index contributed by atoms with van der Waals surface area (Å²) in [6, 6.07) is 4.27. The second-order valence-corrected chi connectivity index (χ2v) is 10.3. The minimum absolute atomic E-state index is 0.0543. The van der Waals surface area contributed by atoms with Gasteiger partial charge >= 0.3 is 0 Å². The number of allylic oxidation sites excluding steroid dienone is 1. The van der Waals surface area contributed by atoms with Gasteiger partial charge in [-0.2, -0.15) is 0 Å². The number of amides is 2. The summed E-state index contributed by atoms with van der Waals surface area (Å²) in [5, 5.41) is 32.9. The molecule has 1 aliphatic carbocycles. The molecule has 0 aliphatic heterocycles. The monoisotopic (exact) mass is 640 g/mol. The minimum atomic E-state index is -1.20. The number of nitrogens with zero attached hydrogens (tertiary/aromatic N) is 1. The molecule has 0 radical (unpaired) electrons. The van der Waals surface area contributed by atoms with Crippen molar-refractivity contribution in [2.75, 3.05) is 20.3 Å². The van der Waals surface area contributed by atoms with Crippen molar-refractivity contribution in [2.45, 2.75) is 51.7 Å². The van der Waals surface area contributed by atoms with Gasteiger partial charge in [-0.3, -0.25) is 9.59 Å². The predicted octanol–water partition coefficient (Wildman–Crippen LogP) is 2.30. The quantitative estimate of drug-likeness (QED) is 0.217. The van der Waals surface area contributed by atoms with Crippen LogP contribution in [0.3, 0.4) is 0 Å². The van der Waals surface area contributed by atoms with Crippen LogP contribution >= 0.6 is 22.6 Å². The van der Waals surface area contributed by atoms with Gasteiger partial charge in [0.05, 0.1) is 42.5 Å².